The van der Waals surface area contributed by atoms with Gasteiger partial charge in [0.05, 0.1) is 24.0 Å². The molecule has 0 fully saturated rings. The zero-order valence-electron chi connectivity index (χ0n) is 13.7. The Morgan fingerprint density at radius 2 is 1.88 bits per heavy atom. The van der Waals surface area contributed by atoms with E-state index in [-0.39, 0.29) is 0 Å². The Hall–Kier alpha value is -2.56. The Kier molecular flexibility index (Phi) is 4.53. The highest BCUT2D eigenvalue weighted by Gasteiger charge is 2.13. The van der Waals surface area contributed by atoms with Crippen molar-refractivity contribution in [3.05, 3.63) is 76.0 Å². The zero-order chi connectivity index (χ0) is 18.1. The first-order valence-corrected chi connectivity index (χ1v) is 8.90. The molecule has 2 aromatic carbocycles. The summed E-state index contributed by atoms with van der Waals surface area (Å²) in [5.41, 5.74) is 3.87. The predicted octanol–water partition coefficient (Wildman–Crippen LogP) is 4.79. The molecule has 0 atom stereocenters. The maximum absolute atomic E-state index is 10.6. The second-order valence-corrected chi connectivity index (χ2v) is 6.87. The van der Waals surface area contributed by atoms with Gasteiger partial charge in [0.15, 0.2) is 0 Å². The van der Waals surface area contributed by atoms with E-state index in [4.69, 9.17) is 23.2 Å². The fourth-order valence-electron chi connectivity index (χ4n) is 3.24. The number of nitrogens with zero attached hydrogens (tertiary/aromatic N) is 2. The van der Waals surface area contributed by atoms with E-state index < -0.39 is 0 Å². The number of rotatable bonds is 5. The molecule has 0 saturated carbocycles. The van der Waals surface area contributed by atoms with Gasteiger partial charge in [0.2, 0.25) is 6.41 Å². The van der Waals surface area contributed by atoms with E-state index in [1.807, 2.05) is 36.5 Å². The van der Waals surface area contributed by atoms with E-state index in [2.05, 4.69) is 27.0 Å². The molecule has 4 aromatic rings. The molecule has 2 heterocycles. The van der Waals surface area contributed by atoms with Crippen LogP contribution in [-0.4, -0.2) is 16.0 Å². The van der Waals surface area contributed by atoms with Crippen molar-refractivity contribution >= 4 is 51.4 Å². The number of hydrogen-bond acceptors (Lipinski definition) is 2. The number of nitrogens with one attached hydrogen (secondary N) is 1. The van der Waals surface area contributed by atoms with Crippen molar-refractivity contribution in [3.63, 3.8) is 0 Å². The third-order valence-electron chi connectivity index (χ3n) is 4.42. The quantitative estimate of drug-likeness (QED) is 0.503. The van der Waals surface area contributed by atoms with Gasteiger partial charge in [0, 0.05) is 32.9 Å². The van der Waals surface area contributed by atoms with Gasteiger partial charge < -0.3 is 9.88 Å². The second kappa shape index (κ2) is 6.98. The predicted molar refractivity (Wildman–Crippen MR) is 106 cm³/mol. The summed E-state index contributed by atoms with van der Waals surface area (Å²) in [6.45, 7) is 0.996. The van der Waals surface area contributed by atoms with Gasteiger partial charge in [-0.25, -0.2) is 0 Å². The second-order valence-electron chi connectivity index (χ2n) is 6.03. The summed E-state index contributed by atoms with van der Waals surface area (Å²) in [7, 11) is 0. The minimum absolute atomic E-state index is 0.402. The van der Waals surface area contributed by atoms with Gasteiger partial charge in [-0.1, -0.05) is 41.4 Å². The lowest BCUT2D eigenvalue weighted by atomic mass is 10.1. The Balaban J connectivity index is 1.89. The fraction of sp³-hybridized carbons (Fsp3) is 0.100. The van der Waals surface area contributed by atoms with Gasteiger partial charge in [-0.2, -0.15) is 0 Å². The number of amides is 1. The third-order valence-corrected chi connectivity index (χ3v) is 5.02. The lowest BCUT2D eigenvalue weighted by Crippen LogP contribution is -2.10. The minimum atomic E-state index is 0.402. The summed E-state index contributed by atoms with van der Waals surface area (Å²) in [6, 6.07) is 15.7. The van der Waals surface area contributed by atoms with E-state index in [0.717, 1.165) is 33.1 Å². The summed E-state index contributed by atoms with van der Waals surface area (Å²) in [5.74, 6) is 0. The lowest BCUT2D eigenvalue weighted by Gasteiger charge is -2.10. The summed E-state index contributed by atoms with van der Waals surface area (Å²) in [6.07, 6.45) is 2.52. The Morgan fingerprint density at radius 3 is 2.73 bits per heavy atom. The molecule has 1 N–H and O–H groups in total. The number of carbonyl (C=O) groups is 1. The van der Waals surface area contributed by atoms with Crippen LogP contribution in [0.3, 0.4) is 0 Å². The first-order chi connectivity index (χ1) is 12.7. The number of para-hydroxylation sites is 1. The number of aromatic nitrogens is 2. The molecular weight excluding hydrogens is 369 g/mol. The van der Waals surface area contributed by atoms with Crippen molar-refractivity contribution in [2.45, 2.75) is 13.1 Å². The highest BCUT2D eigenvalue weighted by atomic mass is 35.5. The van der Waals surface area contributed by atoms with Crippen LogP contribution in [0.4, 0.5) is 0 Å². The highest BCUT2D eigenvalue weighted by Crippen LogP contribution is 2.31. The first-order valence-electron chi connectivity index (χ1n) is 8.14. The van der Waals surface area contributed by atoms with Crippen LogP contribution in [0.25, 0.3) is 21.8 Å². The van der Waals surface area contributed by atoms with Crippen molar-refractivity contribution in [1.82, 2.24) is 14.9 Å². The average Bonchev–Trinajstić information content (AvgIpc) is 2.96. The molecule has 0 aliphatic rings. The summed E-state index contributed by atoms with van der Waals surface area (Å²) in [5, 5.41) is 6.22. The Labute approximate surface area is 160 Å². The van der Waals surface area contributed by atoms with Crippen LogP contribution in [0.15, 0.2) is 54.7 Å². The molecule has 130 valence electrons. The standard InChI is InChI=1S/C20H15Cl2N3O/c21-14-5-6-18(22)13(7-14)11-25-19-4-2-1-3-16(19)17-8-15(9-23-12-26)24-10-20(17)25/h1-8,10,12H,9,11H2,(H,23,26). The number of carbonyl (C=O) groups excluding carboxylic acids is 1. The van der Waals surface area contributed by atoms with Crippen molar-refractivity contribution in [3.8, 4) is 0 Å². The fourth-order valence-corrected chi connectivity index (χ4v) is 3.61. The number of fused-ring (bicyclic) bond motifs is 3. The molecule has 0 spiro atoms. The molecular formula is C20H15Cl2N3O. The first kappa shape index (κ1) is 16.9. The monoisotopic (exact) mass is 383 g/mol. The van der Waals surface area contributed by atoms with Crippen LogP contribution in [0.1, 0.15) is 11.3 Å². The zero-order valence-corrected chi connectivity index (χ0v) is 15.3. The molecule has 1 amide bonds. The van der Waals surface area contributed by atoms with E-state index in [1.165, 1.54) is 0 Å². The molecule has 0 saturated heterocycles. The van der Waals surface area contributed by atoms with Crippen LogP contribution in [-0.2, 0) is 17.9 Å². The normalized spacial score (nSPS) is 11.2. The Bertz CT molecular complexity index is 1120. The van der Waals surface area contributed by atoms with Gasteiger partial charge in [-0.05, 0) is 35.9 Å². The maximum Gasteiger partial charge on any atom is 0.207 e. The maximum atomic E-state index is 10.6. The number of benzene rings is 2. The van der Waals surface area contributed by atoms with Gasteiger partial charge >= 0.3 is 0 Å². The van der Waals surface area contributed by atoms with Crippen LogP contribution < -0.4 is 5.32 Å². The van der Waals surface area contributed by atoms with Crippen molar-refractivity contribution in [1.29, 1.82) is 0 Å². The van der Waals surface area contributed by atoms with Gasteiger partial charge in [-0.15, -0.1) is 0 Å². The molecule has 26 heavy (non-hydrogen) atoms. The third kappa shape index (κ3) is 3.02. The van der Waals surface area contributed by atoms with Gasteiger partial charge in [-0.3, -0.25) is 9.78 Å². The molecule has 6 heteroatoms. The van der Waals surface area contributed by atoms with Crippen LogP contribution in [0.2, 0.25) is 10.0 Å². The number of hydrogen-bond donors (Lipinski definition) is 1. The van der Waals surface area contributed by atoms with Crippen molar-refractivity contribution in [2.75, 3.05) is 0 Å². The molecule has 4 nitrogen and oxygen atoms in total. The molecule has 0 unspecified atom stereocenters. The highest BCUT2D eigenvalue weighted by molar-refractivity contribution is 6.33. The van der Waals surface area contributed by atoms with Gasteiger partial charge in [0.1, 0.15) is 0 Å². The summed E-state index contributed by atoms with van der Waals surface area (Å²) < 4.78 is 2.19. The van der Waals surface area contributed by atoms with E-state index in [9.17, 15) is 4.79 Å². The molecule has 0 aliphatic heterocycles. The SMILES string of the molecule is O=CNCc1cc2c3ccccc3n(Cc3cc(Cl)ccc3Cl)c2cn1. The number of halogens is 2. The lowest BCUT2D eigenvalue weighted by molar-refractivity contribution is -0.109. The van der Waals surface area contributed by atoms with Crippen molar-refractivity contribution < 1.29 is 4.79 Å². The van der Waals surface area contributed by atoms with E-state index >= 15 is 0 Å². The molecule has 0 radical (unpaired) electrons. The van der Waals surface area contributed by atoms with Gasteiger partial charge in [0.25, 0.3) is 0 Å². The smallest absolute Gasteiger partial charge is 0.207 e. The van der Waals surface area contributed by atoms with E-state index in [1.54, 1.807) is 6.07 Å². The molecule has 0 bridgehead atoms. The van der Waals surface area contributed by atoms with Crippen LogP contribution >= 0.6 is 23.2 Å². The summed E-state index contributed by atoms with van der Waals surface area (Å²) in [4.78, 5) is 15.0. The van der Waals surface area contributed by atoms with Crippen LogP contribution in [0, 0.1) is 0 Å². The largest absolute Gasteiger partial charge is 0.353 e. The number of pyridine rings is 1. The van der Waals surface area contributed by atoms with E-state index in [0.29, 0.717) is 29.5 Å². The molecule has 2 aromatic heterocycles. The minimum Gasteiger partial charge on any atom is -0.353 e. The topological polar surface area (TPSA) is 46.9 Å². The molecule has 4 rings (SSSR count). The summed E-state index contributed by atoms with van der Waals surface area (Å²) >= 11 is 12.5. The Morgan fingerprint density at radius 1 is 1.04 bits per heavy atom. The molecule has 0 aliphatic carbocycles. The van der Waals surface area contributed by atoms with Crippen LogP contribution in [0.5, 0.6) is 0 Å². The van der Waals surface area contributed by atoms with Crippen molar-refractivity contribution in [2.24, 2.45) is 0 Å². The average molecular weight is 384 g/mol.